The fourth-order valence-electron chi connectivity index (χ4n) is 3.33. The molecule has 8 nitrogen and oxygen atoms in total. The molecule has 3 unspecified atom stereocenters. The maximum absolute atomic E-state index is 13.8. The summed E-state index contributed by atoms with van der Waals surface area (Å²) in [6, 6.07) is 0.232. The van der Waals surface area contributed by atoms with E-state index >= 15 is 0 Å². The van der Waals surface area contributed by atoms with Crippen LogP contribution in [0.2, 0.25) is 0 Å². The van der Waals surface area contributed by atoms with Crippen LogP contribution >= 0.6 is 11.6 Å². The molecule has 2 fully saturated rings. The summed E-state index contributed by atoms with van der Waals surface area (Å²) in [5.74, 6) is -0.691. The summed E-state index contributed by atoms with van der Waals surface area (Å²) in [6.07, 6.45) is -5.01. The van der Waals surface area contributed by atoms with E-state index in [1.54, 1.807) is 0 Å². The molecule has 2 aliphatic rings. The molecular formula is C17H23ClF4N6O2. The number of aromatic nitrogens is 2. The lowest BCUT2D eigenvalue weighted by Gasteiger charge is -2.27. The number of halogens is 5. The van der Waals surface area contributed by atoms with E-state index in [9.17, 15) is 22.4 Å². The molecule has 30 heavy (non-hydrogen) atoms. The molecule has 1 saturated carbocycles. The van der Waals surface area contributed by atoms with Gasteiger partial charge in [0, 0.05) is 31.0 Å². The summed E-state index contributed by atoms with van der Waals surface area (Å²) in [5.41, 5.74) is -1.05. The zero-order valence-corrected chi connectivity index (χ0v) is 16.8. The number of H-pyrrole nitrogens is 1. The Balaban J connectivity index is 1.71. The second kappa shape index (κ2) is 9.92. The van der Waals surface area contributed by atoms with Crippen LogP contribution in [0.15, 0.2) is 11.1 Å². The molecule has 0 bridgehead atoms. The predicted molar refractivity (Wildman–Crippen MR) is 102 cm³/mol. The van der Waals surface area contributed by atoms with E-state index in [2.05, 4.69) is 20.7 Å². The number of nitrogens with one attached hydrogen (secondary N) is 3. The van der Waals surface area contributed by atoms with E-state index in [4.69, 9.17) is 16.3 Å². The highest BCUT2D eigenvalue weighted by molar-refractivity contribution is 6.20. The van der Waals surface area contributed by atoms with Crippen molar-refractivity contribution in [3.63, 3.8) is 0 Å². The van der Waals surface area contributed by atoms with Crippen molar-refractivity contribution >= 4 is 29.3 Å². The molecule has 1 aromatic heterocycles. The van der Waals surface area contributed by atoms with Crippen LogP contribution in [0.3, 0.4) is 0 Å². The number of rotatable bonds is 4. The van der Waals surface area contributed by atoms with Crippen LogP contribution in [0.1, 0.15) is 25.0 Å². The number of carbonyl (C=O) groups excluding carboxylic acids is 1. The molecule has 1 aliphatic carbocycles. The average molecular weight is 455 g/mol. The van der Waals surface area contributed by atoms with Crippen LogP contribution in [-0.4, -0.2) is 77.4 Å². The highest BCUT2D eigenvalue weighted by Crippen LogP contribution is 2.29. The molecule has 0 spiro atoms. The molecule has 2 heterocycles. The Kier molecular flexibility index (Phi) is 7.53. The van der Waals surface area contributed by atoms with Crippen LogP contribution < -0.4 is 10.6 Å². The first kappa shape index (κ1) is 22.8. The minimum atomic E-state index is -4.60. The van der Waals surface area contributed by atoms with E-state index < -0.39 is 35.4 Å². The normalized spacial score (nSPS) is 26.4. The first-order valence-corrected chi connectivity index (χ1v) is 9.98. The van der Waals surface area contributed by atoms with Crippen LogP contribution in [-0.2, 0) is 15.7 Å². The third-order valence-electron chi connectivity index (χ3n) is 4.74. The smallest absolute Gasteiger partial charge is 0.379 e. The number of morpholine rings is 1. The zero-order chi connectivity index (χ0) is 21.7. The fraction of sp³-hybridized carbons (Fsp3) is 0.706. The third kappa shape index (κ3) is 6.81. The number of anilines is 1. The number of aromatic amines is 1. The van der Waals surface area contributed by atoms with Gasteiger partial charge >= 0.3 is 6.18 Å². The number of hydrogen-bond donors (Lipinski definition) is 3. The molecule has 0 radical (unpaired) electrons. The van der Waals surface area contributed by atoms with E-state index in [1.165, 1.54) is 0 Å². The van der Waals surface area contributed by atoms with Crippen LogP contribution in [0.5, 0.6) is 0 Å². The molecule has 1 aliphatic heterocycles. The van der Waals surface area contributed by atoms with Gasteiger partial charge in [-0.15, -0.1) is 11.6 Å². The van der Waals surface area contributed by atoms with Crippen molar-refractivity contribution in [1.29, 1.82) is 0 Å². The van der Waals surface area contributed by atoms with Gasteiger partial charge in [0.05, 0.1) is 25.8 Å². The van der Waals surface area contributed by atoms with Gasteiger partial charge < -0.3 is 10.1 Å². The monoisotopic (exact) mass is 454 g/mol. The summed E-state index contributed by atoms with van der Waals surface area (Å²) in [7, 11) is 0. The van der Waals surface area contributed by atoms with Gasteiger partial charge in [0.25, 0.3) is 0 Å². The molecule has 1 amide bonds. The summed E-state index contributed by atoms with van der Waals surface area (Å²) in [6.45, 7) is 2.25. The van der Waals surface area contributed by atoms with Crippen molar-refractivity contribution in [3.05, 3.63) is 11.8 Å². The van der Waals surface area contributed by atoms with Gasteiger partial charge in [-0.2, -0.15) is 18.3 Å². The average Bonchev–Trinajstić information content (AvgIpc) is 3.10. The molecule has 3 rings (SSSR count). The van der Waals surface area contributed by atoms with Crippen molar-refractivity contribution in [2.24, 2.45) is 4.99 Å². The van der Waals surface area contributed by atoms with Crippen LogP contribution in [0.4, 0.5) is 23.4 Å². The molecular weight excluding hydrogens is 432 g/mol. The van der Waals surface area contributed by atoms with Gasteiger partial charge in [-0.05, 0) is 12.8 Å². The second-order valence-corrected chi connectivity index (χ2v) is 7.88. The Hall–Kier alpha value is -1.92. The summed E-state index contributed by atoms with van der Waals surface area (Å²) in [5, 5.41) is 10.2. The number of nitrogens with zero attached hydrogens (tertiary/aromatic N) is 3. The predicted octanol–water partition coefficient (Wildman–Crippen LogP) is 2.14. The fourth-order valence-corrected chi connectivity index (χ4v) is 3.73. The Morgan fingerprint density at radius 3 is 2.70 bits per heavy atom. The van der Waals surface area contributed by atoms with Crippen molar-refractivity contribution in [2.75, 3.05) is 38.2 Å². The number of hydrogen-bond acceptors (Lipinski definition) is 5. The molecule has 3 atom stereocenters. The van der Waals surface area contributed by atoms with Crippen molar-refractivity contribution in [1.82, 2.24) is 20.4 Å². The van der Waals surface area contributed by atoms with Crippen LogP contribution in [0, 0.1) is 0 Å². The van der Waals surface area contributed by atoms with Gasteiger partial charge in [0.1, 0.15) is 11.9 Å². The first-order valence-electron chi connectivity index (χ1n) is 9.54. The molecule has 13 heteroatoms. The number of aliphatic imine (C=N–C) groups is 1. The topological polar surface area (TPSA) is 94.6 Å². The highest BCUT2D eigenvalue weighted by Gasteiger charge is 2.33. The van der Waals surface area contributed by atoms with Crippen molar-refractivity contribution in [3.8, 4) is 0 Å². The lowest BCUT2D eigenvalue weighted by molar-refractivity contribution is -0.141. The Bertz CT molecular complexity index is 743. The Morgan fingerprint density at radius 2 is 2.07 bits per heavy atom. The SMILES string of the molecule is O=C(CN1CCOCC1)NC(=NC1CC(F)CC(Cl)C1)Nc1cc(C(F)(F)F)[nH]n1. The Morgan fingerprint density at radius 1 is 1.33 bits per heavy atom. The lowest BCUT2D eigenvalue weighted by atomic mass is 9.94. The Labute approximate surface area is 175 Å². The van der Waals surface area contributed by atoms with Gasteiger partial charge in [-0.1, -0.05) is 0 Å². The summed E-state index contributed by atoms with van der Waals surface area (Å²) in [4.78, 5) is 18.6. The van der Waals surface area contributed by atoms with Gasteiger partial charge in [-0.25, -0.2) is 9.38 Å². The van der Waals surface area contributed by atoms with E-state index in [-0.39, 0.29) is 31.2 Å². The van der Waals surface area contributed by atoms with E-state index in [1.807, 2.05) is 10.00 Å². The number of carbonyl (C=O) groups is 1. The lowest BCUT2D eigenvalue weighted by Crippen LogP contribution is -2.46. The van der Waals surface area contributed by atoms with E-state index in [0.717, 1.165) is 6.07 Å². The van der Waals surface area contributed by atoms with Crippen molar-refractivity contribution < 1.29 is 27.1 Å². The summed E-state index contributed by atoms with van der Waals surface area (Å²) >= 11 is 6.06. The van der Waals surface area contributed by atoms with Gasteiger partial charge in [0.15, 0.2) is 5.82 Å². The number of guanidine groups is 1. The highest BCUT2D eigenvalue weighted by atomic mass is 35.5. The molecule has 168 valence electrons. The maximum Gasteiger partial charge on any atom is 0.432 e. The summed E-state index contributed by atoms with van der Waals surface area (Å²) < 4.78 is 57.5. The van der Waals surface area contributed by atoms with Gasteiger partial charge in [-0.3, -0.25) is 20.1 Å². The number of amides is 1. The van der Waals surface area contributed by atoms with Gasteiger partial charge in [0.2, 0.25) is 11.9 Å². The molecule has 1 aromatic rings. The first-order chi connectivity index (χ1) is 14.2. The molecule has 0 aromatic carbocycles. The van der Waals surface area contributed by atoms with E-state index in [0.29, 0.717) is 32.7 Å². The van der Waals surface area contributed by atoms with Crippen LogP contribution in [0.25, 0.3) is 0 Å². The largest absolute Gasteiger partial charge is 0.432 e. The quantitative estimate of drug-likeness (QED) is 0.280. The molecule has 1 saturated heterocycles. The standard InChI is InChI=1S/C17H23ClF4N6O2/c18-10-5-11(19)7-12(6-10)23-16(24-14-8-13(26-27-14)17(20,21)22)25-15(29)9-28-1-3-30-4-2-28/h8,10-12H,1-7,9H2,(H3,23,24,25,26,27,29). The minimum absolute atomic E-state index is 0.0625. The zero-order valence-electron chi connectivity index (χ0n) is 16.0. The maximum atomic E-state index is 13.8. The molecule has 3 N–H and O–H groups in total. The third-order valence-corrected chi connectivity index (χ3v) is 5.09. The second-order valence-electron chi connectivity index (χ2n) is 7.26. The number of alkyl halides is 5. The van der Waals surface area contributed by atoms with Crippen molar-refractivity contribution in [2.45, 2.75) is 43.0 Å². The minimum Gasteiger partial charge on any atom is -0.379 e. The number of ether oxygens (including phenoxy) is 1.